The van der Waals surface area contributed by atoms with E-state index in [0.29, 0.717) is 25.3 Å². The molecule has 1 fully saturated rings. The number of hydrogen-bond acceptors (Lipinski definition) is 5. The summed E-state index contributed by atoms with van der Waals surface area (Å²) < 4.78 is 10.4. The van der Waals surface area contributed by atoms with E-state index in [1.807, 2.05) is 51.2 Å². The standard InChI is InChI=1S/C19H24N2O4/c1-19(2,3)25-18(23)21-10-8-20(9-11-21)7-6-14-4-5-16-15(12-14)13-24-17(16)22/h4-7,12H,8-11,13H2,1-3H3. The van der Waals surface area contributed by atoms with Gasteiger partial charge in [-0.25, -0.2) is 9.59 Å². The molecule has 0 aliphatic carbocycles. The average Bonchev–Trinajstić information content (AvgIpc) is 2.92. The molecule has 1 amide bonds. The number of hydrogen-bond donors (Lipinski definition) is 0. The largest absolute Gasteiger partial charge is 0.457 e. The molecule has 1 aromatic carbocycles. The predicted molar refractivity (Wildman–Crippen MR) is 94.0 cm³/mol. The SMILES string of the molecule is CC(C)(C)OC(=O)N1CCN(C=Cc2ccc3c(c2)COC3=O)CC1. The van der Waals surface area contributed by atoms with Crippen LogP contribution in [0.2, 0.25) is 0 Å². The summed E-state index contributed by atoms with van der Waals surface area (Å²) in [6.07, 6.45) is 3.80. The zero-order valence-electron chi connectivity index (χ0n) is 14.9. The number of carbonyl (C=O) groups excluding carboxylic acids is 2. The van der Waals surface area contributed by atoms with Crippen molar-refractivity contribution in [3.05, 3.63) is 41.1 Å². The van der Waals surface area contributed by atoms with Crippen LogP contribution in [0.15, 0.2) is 24.4 Å². The lowest BCUT2D eigenvalue weighted by Gasteiger charge is -2.35. The van der Waals surface area contributed by atoms with Crippen LogP contribution in [0.4, 0.5) is 4.79 Å². The second kappa shape index (κ2) is 6.78. The molecule has 0 spiro atoms. The Bertz CT molecular complexity index is 698. The summed E-state index contributed by atoms with van der Waals surface area (Å²) >= 11 is 0. The molecule has 0 aromatic heterocycles. The molecule has 2 aliphatic heterocycles. The summed E-state index contributed by atoms with van der Waals surface area (Å²) in [7, 11) is 0. The smallest absolute Gasteiger partial charge is 0.410 e. The molecule has 25 heavy (non-hydrogen) atoms. The van der Waals surface area contributed by atoms with E-state index >= 15 is 0 Å². The molecule has 134 valence electrons. The zero-order valence-corrected chi connectivity index (χ0v) is 14.9. The van der Waals surface area contributed by atoms with E-state index in [0.717, 1.165) is 24.2 Å². The molecule has 6 heteroatoms. The fraction of sp³-hybridized carbons (Fsp3) is 0.474. The van der Waals surface area contributed by atoms with Gasteiger partial charge in [-0.15, -0.1) is 0 Å². The molecular formula is C19H24N2O4. The third-order valence-electron chi connectivity index (χ3n) is 4.15. The number of nitrogens with zero attached hydrogens (tertiary/aromatic N) is 2. The van der Waals surface area contributed by atoms with Crippen LogP contribution in [-0.2, 0) is 16.1 Å². The van der Waals surface area contributed by atoms with Gasteiger partial charge in [0.25, 0.3) is 0 Å². The number of ether oxygens (including phenoxy) is 2. The van der Waals surface area contributed by atoms with Gasteiger partial charge in [-0.1, -0.05) is 6.07 Å². The maximum absolute atomic E-state index is 12.1. The molecule has 3 rings (SSSR count). The highest BCUT2D eigenvalue weighted by atomic mass is 16.6. The summed E-state index contributed by atoms with van der Waals surface area (Å²) in [6, 6.07) is 5.71. The molecule has 1 saturated heterocycles. The normalized spacial score (nSPS) is 17.6. The maximum Gasteiger partial charge on any atom is 0.410 e. The molecule has 0 atom stereocenters. The van der Waals surface area contributed by atoms with Crippen LogP contribution in [0.3, 0.4) is 0 Å². The number of esters is 1. The van der Waals surface area contributed by atoms with Crippen molar-refractivity contribution in [2.75, 3.05) is 26.2 Å². The van der Waals surface area contributed by atoms with E-state index in [4.69, 9.17) is 9.47 Å². The lowest BCUT2D eigenvalue weighted by atomic mass is 10.1. The number of amides is 1. The van der Waals surface area contributed by atoms with Gasteiger partial charge in [-0.3, -0.25) is 0 Å². The van der Waals surface area contributed by atoms with Crippen LogP contribution in [0.1, 0.15) is 42.3 Å². The van der Waals surface area contributed by atoms with Crippen molar-refractivity contribution >= 4 is 18.1 Å². The van der Waals surface area contributed by atoms with Gasteiger partial charge >= 0.3 is 12.1 Å². The van der Waals surface area contributed by atoms with E-state index in [2.05, 4.69) is 4.90 Å². The predicted octanol–water partition coefficient (Wildman–Crippen LogP) is 2.88. The Hall–Kier alpha value is -2.50. The van der Waals surface area contributed by atoms with Crippen molar-refractivity contribution in [3.63, 3.8) is 0 Å². The Morgan fingerprint density at radius 3 is 2.60 bits per heavy atom. The van der Waals surface area contributed by atoms with Crippen molar-refractivity contribution in [2.24, 2.45) is 0 Å². The first-order valence-corrected chi connectivity index (χ1v) is 8.52. The van der Waals surface area contributed by atoms with Crippen LogP contribution < -0.4 is 0 Å². The number of rotatable bonds is 2. The lowest BCUT2D eigenvalue weighted by Crippen LogP contribution is -2.48. The van der Waals surface area contributed by atoms with Crippen LogP contribution in [0.5, 0.6) is 0 Å². The third-order valence-corrected chi connectivity index (χ3v) is 4.15. The van der Waals surface area contributed by atoms with Crippen molar-refractivity contribution in [1.29, 1.82) is 0 Å². The van der Waals surface area contributed by atoms with Crippen molar-refractivity contribution < 1.29 is 19.1 Å². The molecule has 0 saturated carbocycles. The molecule has 0 radical (unpaired) electrons. The molecular weight excluding hydrogens is 320 g/mol. The quantitative estimate of drug-likeness (QED) is 0.772. The molecule has 2 aliphatic rings. The van der Waals surface area contributed by atoms with Gasteiger partial charge in [-0.2, -0.15) is 0 Å². The molecule has 0 unspecified atom stereocenters. The monoisotopic (exact) mass is 344 g/mol. The second-order valence-electron chi connectivity index (χ2n) is 7.31. The van der Waals surface area contributed by atoms with Crippen molar-refractivity contribution in [2.45, 2.75) is 33.0 Å². The summed E-state index contributed by atoms with van der Waals surface area (Å²) in [4.78, 5) is 27.4. The van der Waals surface area contributed by atoms with E-state index in [1.165, 1.54) is 0 Å². The van der Waals surface area contributed by atoms with Crippen LogP contribution in [-0.4, -0.2) is 53.6 Å². The average molecular weight is 344 g/mol. The maximum atomic E-state index is 12.1. The Balaban J connectivity index is 1.53. The summed E-state index contributed by atoms with van der Waals surface area (Å²) in [5, 5.41) is 0. The Morgan fingerprint density at radius 2 is 1.92 bits per heavy atom. The van der Waals surface area contributed by atoms with Crippen LogP contribution in [0.25, 0.3) is 6.08 Å². The zero-order chi connectivity index (χ0) is 18.0. The van der Waals surface area contributed by atoms with Gasteiger partial charge in [-0.05, 0) is 50.7 Å². The van der Waals surface area contributed by atoms with E-state index < -0.39 is 5.60 Å². The Kier molecular flexibility index (Phi) is 4.70. The first-order valence-electron chi connectivity index (χ1n) is 8.52. The minimum absolute atomic E-state index is 0.246. The number of carbonyl (C=O) groups is 2. The molecule has 1 aromatic rings. The van der Waals surface area contributed by atoms with Gasteiger partial charge in [0.2, 0.25) is 0 Å². The highest BCUT2D eigenvalue weighted by Gasteiger charge is 2.25. The van der Waals surface area contributed by atoms with E-state index in [-0.39, 0.29) is 12.1 Å². The minimum atomic E-state index is -0.465. The molecule has 0 N–H and O–H groups in total. The summed E-state index contributed by atoms with van der Waals surface area (Å²) in [5.74, 6) is -0.246. The van der Waals surface area contributed by atoms with Gasteiger partial charge in [0.15, 0.2) is 0 Å². The van der Waals surface area contributed by atoms with Gasteiger partial charge in [0.1, 0.15) is 12.2 Å². The molecule has 6 nitrogen and oxygen atoms in total. The number of fused-ring (bicyclic) bond motifs is 1. The summed E-state index contributed by atoms with van der Waals surface area (Å²) in [6.45, 7) is 8.80. The molecule has 0 bridgehead atoms. The van der Waals surface area contributed by atoms with Gasteiger partial charge in [0, 0.05) is 31.7 Å². The molecule has 2 heterocycles. The second-order valence-corrected chi connectivity index (χ2v) is 7.31. The van der Waals surface area contributed by atoms with Gasteiger partial charge in [0.05, 0.1) is 5.56 Å². The minimum Gasteiger partial charge on any atom is -0.457 e. The Labute approximate surface area is 148 Å². The topological polar surface area (TPSA) is 59.1 Å². The highest BCUT2D eigenvalue weighted by molar-refractivity contribution is 5.93. The summed E-state index contributed by atoms with van der Waals surface area (Å²) in [5.41, 5.74) is 2.16. The number of cyclic esters (lactones) is 1. The lowest BCUT2D eigenvalue weighted by molar-refractivity contribution is 0.0177. The third kappa shape index (κ3) is 4.32. The fourth-order valence-electron chi connectivity index (χ4n) is 2.83. The first kappa shape index (κ1) is 17.3. The van der Waals surface area contributed by atoms with Crippen LogP contribution in [0, 0.1) is 0 Å². The number of piperazine rings is 1. The van der Waals surface area contributed by atoms with E-state index in [1.54, 1.807) is 4.90 Å². The van der Waals surface area contributed by atoms with Crippen molar-refractivity contribution in [1.82, 2.24) is 9.80 Å². The van der Waals surface area contributed by atoms with Crippen molar-refractivity contribution in [3.8, 4) is 0 Å². The fourth-order valence-corrected chi connectivity index (χ4v) is 2.83. The number of benzene rings is 1. The first-order chi connectivity index (χ1) is 11.8. The highest BCUT2D eigenvalue weighted by Crippen LogP contribution is 2.21. The van der Waals surface area contributed by atoms with E-state index in [9.17, 15) is 9.59 Å². The van der Waals surface area contributed by atoms with Gasteiger partial charge < -0.3 is 19.3 Å². The Morgan fingerprint density at radius 1 is 1.20 bits per heavy atom. The van der Waals surface area contributed by atoms with Crippen LogP contribution >= 0.6 is 0 Å².